The summed E-state index contributed by atoms with van der Waals surface area (Å²) in [6, 6.07) is 9.23. The summed E-state index contributed by atoms with van der Waals surface area (Å²) >= 11 is 10.8. The van der Waals surface area contributed by atoms with E-state index in [-0.39, 0.29) is 17.7 Å². The summed E-state index contributed by atoms with van der Waals surface area (Å²) in [5.41, 5.74) is 0.889. The van der Waals surface area contributed by atoms with E-state index in [2.05, 4.69) is 47.8 Å². The molecule has 118 valence electrons. The lowest BCUT2D eigenvalue weighted by atomic mass is 10.2. The Morgan fingerprint density at radius 3 is 2.43 bits per heavy atom. The van der Waals surface area contributed by atoms with E-state index in [9.17, 15) is 9.59 Å². The van der Waals surface area contributed by atoms with Gasteiger partial charge in [0.2, 0.25) is 0 Å². The average molecular weight is 522 g/mol. The molecule has 0 saturated carbocycles. The van der Waals surface area contributed by atoms with Crippen LogP contribution in [0, 0.1) is 0 Å². The molecule has 1 aliphatic heterocycles. The molecular formula is C15H8Br3NO3S. The van der Waals surface area contributed by atoms with Crippen LogP contribution in [-0.2, 0) is 11.3 Å². The van der Waals surface area contributed by atoms with E-state index in [4.69, 9.17) is 4.42 Å². The third-order valence-electron chi connectivity index (χ3n) is 3.07. The van der Waals surface area contributed by atoms with Crippen LogP contribution >= 0.6 is 59.6 Å². The van der Waals surface area contributed by atoms with Crippen molar-refractivity contribution in [3.8, 4) is 0 Å². The van der Waals surface area contributed by atoms with Gasteiger partial charge in [-0.3, -0.25) is 14.5 Å². The van der Waals surface area contributed by atoms with Crippen molar-refractivity contribution in [2.24, 2.45) is 0 Å². The van der Waals surface area contributed by atoms with Gasteiger partial charge >= 0.3 is 0 Å². The van der Waals surface area contributed by atoms with Crippen LogP contribution < -0.4 is 0 Å². The Labute approximate surface area is 161 Å². The number of amides is 2. The lowest BCUT2D eigenvalue weighted by Gasteiger charge is -2.12. The highest BCUT2D eigenvalue weighted by atomic mass is 79.9. The molecule has 0 spiro atoms. The smallest absolute Gasteiger partial charge is 0.293 e. The first-order valence-corrected chi connectivity index (χ1v) is 9.58. The summed E-state index contributed by atoms with van der Waals surface area (Å²) in [4.78, 5) is 26.1. The maximum atomic E-state index is 12.4. The minimum absolute atomic E-state index is 0.251. The van der Waals surface area contributed by atoms with E-state index in [0.29, 0.717) is 15.3 Å². The second kappa shape index (κ2) is 6.96. The molecule has 2 aromatic rings. The maximum absolute atomic E-state index is 12.4. The van der Waals surface area contributed by atoms with E-state index in [1.54, 1.807) is 12.1 Å². The Bertz CT molecular complexity index is 794. The summed E-state index contributed by atoms with van der Waals surface area (Å²) in [6.45, 7) is 0.251. The third-order valence-corrected chi connectivity index (χ3v) is 6.21. The molecule has 0 atom stereocenters. The Balaban J connectivity index is 1.80. The zero-order valence-corrected chi connectivity index (χ0v) is 17.0. The molecule has 1 fully saturated rings. The van der Waals surface area contributed by atoms with Gasteiger partial charge < -0.3 is 4.42 Å². The molecule has 1 aliphatic rings. The molecule has 4 nitrogen and oxygen atoms in total. The molecule has 0 aliphatic carbocycles. The summed E-state index contributed by atoms with van der Waals surface area (Å²) in [7, 11) is 0. The molecule has 23 heavy (non-hydrogen) atoms. The number of halogens is 3. The number of imide groups is 1. The lowest BCUT2D eigenvalue weighted by Crippen LogP contribution is -2.27. The van der Waals surface area contributed by atoms with Gasteiger partial charge in [0.05, 0.1) is 15.9 Å². The zero-order chi connectivity index (χ0) is 16.6. The van der Waals surface area contributed by atoms with Crippen molar-refractivity contribution < 1.29 is 14.0 Å². The van der Waals surface area contributed by atoms with Crippen molar-refractivity contribution in [1.29, 1.82) is 0 Å². The largest absolute Gasteiger partial charge is 0.449 e. The fourth-order valence-corrected chi connectivity index (χ4v) is 3.66. The monoisotopic (exact) mass is 519 g/mol. The van der Waals surface area contributed by atoms with Crippen LogP contribution in [0.15, 0.2) is 53.3 Å². The van der Waals surface area contributed by atoms with Crippen molar-refractivity contribution in [1.82, 2.24) is 4.90 Å². The molecule has 0 N–H and O–H groups in total. The predicted molar refractivity (Wildman–Crippen MR) is 99.8 cm³/mol. The normalized spacial score (nSPS) is 16.7. The Kier molecular flexibility index (Phi) is 5.15. The first kappa shape index (κ1) is 17.0. The first-order chi connectivity index (χ1) is 10.9. The SMILES string of the molecule is O=C1S/C(=C\c2cc(Br)c(Br)o2)C(=O)N1Cc1ccc(Br)cc1. The van der Waals surface area contributed by atoms with Gasteiger partial charge in [-0.05, 0) is 67.4 Å². The quantitative estimate of drug-likeness (QED) is 0.479. The minimum atomic E-state index is -0.313. The molecule has 8 heteroatoms. The molecule has 0 radical (unpaired) electrons. The number of nitrogens with zero attached hydrogens (tertiary/aromatic N) is 1. The van der Waals surface area contributed by atoms with Crippen LogP contribution in [0.4, 0.5) is 4.79 Å². The Hall–Kier alpha value is -0.830. The van der Waals surface area contributed by atoms with Crippen molar-refractivity contribution in [2.45, 2.75) is 6.54 Å². The first-order valence-electron chi connectivity index (χ1n) is 6.38. The minimum Gasteiger partial charge on any atom is -0.449 e. The number of carbonyl (C=O) groups is 2. The molecule has 2 amide bonds. The predicted octanol–water partition coefficient (Wildman–Crippen LogP) is 5.80. The molecule has 1 aromatic carbocycles. The van der Waals surface area contributed by atoms with Crippen molar-refractivity contribution in [2.75, 3.05) is 0 Å². The molecule has 3 rings (SSSR count). The fourth-order valence-electron chi connectivity index (χ4n) is 1.97. The number of rotatable bonds is 3. The molecule has 1 aromatic heterocycles. The van der Waals surface area contributed by atoms with Crippen molar-refractivity contribution >= 4 is 76.8 Å². The summed E-state index contributed by atoms with van der Waals surface area (Å²) in [5.74, 6) is 0.185. The van der Waals surface area contributed by atoms with Gasteiger partial charge in [0, 0.05) is 10.5 Å². The zero-order valence-electron chi connectivity index (χ0n) is 11.4. The molecule has 2 heterocycles. The van der Waals surface area contributed by atoms with Gasteiger partial charge in [-0.2, -0.15) is 0 Å². The molecular weight excluding hydrogens is 514 g/mol. The van der Waals surface area contributed by atoms with Crippen LogP contribution in [0.3, 0.4) is 0 Å². The van der Waals surface area contributed by atoms with Crippen LogP contribution in [-0.4, -0.2) is 16.0 Å². The highest BCUT2D eigenvalue weighted by Crippen LogP contribution is 2.35. The number of carbonyl (C=O) groups excluding carboxylic acids is 2. The summed E-state index contributed by atoms with van der Waals surface area (Å²) in [5, 5.41) is -0.283. The maximum Gasteiger partial charge on any atom is 0.293 e. The van der Waals surface area contributed by atoms with Crippen LogP contribution in [0.25, 0.3) is 6.08 Å². The topological polar surface area (TPSA) is 50.5 Å². The second-order valence-corrected chi connectivity index (χ2v) is 8.15. The van der Waals surface area contributed by atoms with Gasteiger partial charge in [0.15, 0.2) is 4.67 Å². The Morgan fingerprint density at radius 1 is 1.13 bits per heavy atom. The van der Waals surface area contributed by atoms with E-state index in [0.717, 1.165) is 26.3 Å². The van der Waals surface area contributed by atoms with Gasteiger partial charge in [0.1, 0.15) is 5.76 Å². The summed E-state index contributed by atoms with van der Waals surface area (Å²) in [6.07, 6.45) is 1.57. The lowest BCUT2D eigenvalue weighted by molar-refractivity contribution is -0.123. The van der Waals surface area contributed by atoms with Crippen molar-refractivity contribution in [3.05, 3.63) is 60.2 Å². The number of hydrogen-bond donors (Lipinski definition) is 0. The standard InChI is InChI=1S/C15H8Br3NO3S/c16-9-3-1-8(2-4-9)7-19-14(20)12(23-15(19)21)6-10-5-11(17)13(18)22-10/h1-6H,7H2/b12-6-. The van der Waals surface area contributed by atoms with Crippen LogP contribution in [0.5, 0.6) is 0 Å². The number of thioether (sulfide) groups is 1. The molecule has 0 unspecified atom stereocenters. The fraction of sp³-hybridized carbons (Fsp3) is 0.0667. The summed E-state index contributed by atoms with van der Waals surface area (Å²) < 4.78 is 7.66. The van der Waals surface area contributed by atoms with E-state index in [1.807, 2.05) is 24.3 Å². The molecule has 0 bridgehead atoms. The highest BCUT2D eigenvalue weighted by molar-refractivity contribution is 9.13. The number of furan rings is 1. The van der Waals surface area contributed by atoms with E-state index >= 15 is 0 Å². The Morgan fingerprint density at radius 2 is 1.83 bits per heavy atom. The third kappa shape index (κ3) is 3.81. The van der Waals surface area contributed by atoms with E-state index in [1.165, 1.54) is 4.90 Å². The van der Waals surface area contributed by atoms with Gasteiger partial charge in [-0.1, -0.05) is 28.1 Å². The van der Waals surface area contributed by atoms with Crippen molar-refractivity contribution in [3.63, 3.8) is 0 Å². The number of hydrogen-bond acceptors (Lipinski definition) is 4. The van der Waals surface area contributed by atoms with E-state index < -0.39 is 0 Å². The number of benzene rings is 1. The van der Waals surface area contributed by atoms with Gasteiger partial charge in [0.25, 0.3) is 11.1 Å². The second-order valence-electron chi connectivity index (χ2n) is 4.66. The average Bonchev–Trinajstić information content (AvgIpc) is 2.95. The molecule has 1 saturated heterocycles. The van der Waals surface area contributed by atoms with Crippen LogP contribution in [0.2, 0.25) is 0 Å². The van der Waals surface area contributed by atoms with Crippen LogP contribution in [0.1, 0.15) is 11.3 Å². The highest BCUT2D eigenvalue weighted by Gasteiger charge is 2.35. The van der Waals surface area contributed by atoms with Gasteiger partial charge in [-0.15, -0.1) is 0 Å². The van der Waals surface area contributed by atoms with Gasteiger partial charge in [-0.25, -0.2) is 0 Å².